The Balaban J connectivity index is 2.04. The molecule has 0 saturated heterocycles. The molecule has 1 aromatic heterocycles. The van der Waals surface area contributed by atoms with E-state index in [0.717, 1.165) is 42.7 Å². The van der Waals surface area contributed by atoms with Gasteiger partial charge >= 0.3 is 0 Å². The number of carbonyl (C=O) groups excluding carboxylic acids is 1. The summed E-state index contributed by atoms with van der Waals surface area (Å²) >= 11 is 0. The molecule has 3 rings (SSSR count). The van der Waals surface area contributed by atoms with E-state index in [4.69, 9.17) is 4.98 Å². The third kappa shape index (κ3) is 4.61. The predicted octanol–water partition coefficient (Wildman–Crippen LogP) is 5.28. The Hall–Kier alpha value is -2.62. The van der Waals surface area contributed by atoms with Gasteiger partial charge in [-0.15, -0.1) is 0 Å². The molecular weight excluding hydrogens is 346 g/mol. The van der Waals surface area contributed by atoms with Gasteiger partial charge in [-0.2, -0.15) is 0 Å². The van der Waals surface area contributed by atoms with Crippen LogP contribution in [0.15, 0.2) is 54.6 Å². The van der Waals surface area contributed by atoms with Crippen LogP contribution in [0.5, 0.6) is 0 Å². The van der Waals surface area contributed by atoms with Crippen molar-refractivity contribution < 1.29 is 4.79 Å². The maximum Gasteiger partial charge on any atom is 0.225 e. The fourth-order valence-electron chi connectivity index (χ4n) is 3.34. The van der Waals surface area contributed by atoms with Crippen LogP contribution in [0.2, 0.25) is 0 Å². The molecule has 0 aliphatic heterocycles. The monoisotopic (exact) mass is 377 g/mol. The number of benzene rings is 2. The number of nitrogens with one attached hydrogen (secondary N) is 1. The lowest BCUT2D eigenvalue weighted by Gasteiger charge is -2.25. The Morgan fingerprint density at radius 1 is 1.07 bits per heavy atom. The first-order valence-electron chi connectivity index (χ1n) is 10.2. The summed E-state index contributed by atoms with van der Waals surface area (Å²) in [5.41, 5.74) is 2.86. The second kappa shape index (κ2) is 8.59. The first-order valence-corrected chi connectivity index (χ1v) is 10.2. The van der Waals surface area contributed by atoms with Crippen LogP contribution in [0.1, 0.15) is 58.0 Å². The minimum atomic E-state index is -0.449. The Labute approximate surface area is 168 Å². The van der Waals surface area contributed by atoms with Crippen molar-refractivity contribution in [1.82, 2.24) is 14.9 Å². The van der Waals surface area contributed by atoms with Crippen molar-refractivity contribution in [2.24, 2.45) is 5.41 Å². The molecule has 0 radical (unpaired) electrons. The summed E-state index contributed by atoms with van der Waals surface area (Å²) in [6.45, 7) is 8.94. The van der Waals surface area contributed by atoms with E-state index in [9.17, 15) is 4.79 Å². The van der Waals surface area contributed by atoms with Crippen LogP contribution in [0.4, 0.5) is 0 Å². The molecule has 1 N–H and O–H groups in total. The predicted molar refractivity (Wildman–Crippen MR) is 115 cm³/mol. The highest BCUT2D eigenvalue weighted by Crippen LogP contribution is 2.26. The molecule has 0 bridgehead atoms. The Morgan fingerprint density at radius 2 is 1.75 bits per heavy atom. The number of aryl methyl sites for hydroxylation is 1. The highest BCUT2D eigenvalue weighted by atomic mass is 16.2. The van der Waals surface area contributed by atoms with Crippen LogP contribution in [0.25, 0.3) is 11.0 Å². The fourth-order valence-corrected chi connectivity index (χ4v) is 3.34. The van der Waals surface area contributed by atoms with E-state index in [1.165, 1.54) is 5.56 Å². The Bertz CT molecular complexity index is 922. The van der Waals surface area contributed by atoms with Gasteiger partial charge in [0, 0.05) is 12.0 Å². The molecule has 0 aliphatic rings. The molecule has 28 heavy (non-hydrogen) atoms. The van der Waals surface area contributed by atoms with Crippen LogP contribution >= 0.6 is 0 Å². The number of nitrogens with zero attached hydrogens (tertiary/aromatic N) is 2. The van der Waals surface area contributed by atoms with Crippen molar-refractivity contribution in [1.29, 1.82) is 0 Å². The quantitative estimate of drug-likeness (QED) is 0.609. The lowest BCUT2D eigenvalue weighted by molar-refractivity contribution is -0.129. The third-order valence-electron chi connectivity index (χ3n) is 5.00. The second-order valence-electron chi connectivity index (χ2n) is 8.43. The van der Waals surface area contributed by atoms with Crippen LogP contribution in [-0.4, -0.2) is 15.5 Å². The first-order chi connectivity index (χ1) is 13.4. The highest BCUT2D eigenvalue weighted by molar-refractivity contribution is 5.82. The molecule has 0 saturated carbocycles. The second-order valence-corrected chi connectivity index (χ2v) is 8.43. The molecule has 0 unspecified atom stereocenters. The molecule has 4 nitrogen and oxygen atoms in total. The van der Waals surface area contributed by atoms with Gasteiger partial charge in [0.15, 0.2) is 0 Å². The molecule has 4 heteroatoms. The SMILES string of the molecule is CCCCn1c([C@H](Cc2ccccc2)NC(=O)C(C)(C)C)nc2ccccc21. The number of aromatic nitrogens is 2. The number of rotatable bonds is 7. The van der Waals surface area contributed by atoms with Crippen LogP contribution in [0.3, 0.4) is 0 Å². The van der Waals surface area contributed by atoms with E-state index < -0.39 is 5.41 Å². The lowest BCUT2D eigenvalue weighted by atomic mass is 9.94. The lowest BCUT2D eigenvalue weighted by Crippen LogP contribution is -2.39. The number of amides is 1. The highest BCUT2D eigenvalue weighted by Gasteiger charge is 2.28. The maximum absolute atomic E-state index is 12.8. The van der Waals surface area contributed by atoms with Gasteiger partial charge in [0.1, 0.15) is 5.82 Å². The molecule has 1 amide bonds. The molecule has 1 atom stereocenters. The van der Waals surface area contributed by atoms with Gasteiger partial charge in [0.2, 0.25) is 5.91 Å². The molecule has 1 heterocycles. The van der Waals surface area contributed by atoms with Gasteiger partial charge < -0.3 is 9.88 Å². The van der Waals surface area contributed by atoms with E-state index in [1.807, 2.05) is 51.1 Å². The van der Waals surface area contributed by atoms with Crippen LogP contribution in [0, 0.1) is 5.41 Å². The molecule has 0 fully saturated rings. The molecular formula is C24H31N3O. The van der Waals surface area contributed by atoms with E-state index in [2.05, 4.69) is 41.1 Å². The average Bonchev–Trinajstić information content (AvgIpc) is 3.04. The summed E-state index contributed by atoms with van der Waals surface area (Å²) in [7, 11) is 0. The van der Waals surface area contributed by atoms with Gasteiger partial charge in [0.05, 0.1) is 17.1 Å². The van der Waals surface area contributed by atoms with Crippen molar-refractivity contribution in [3.05, 3.63) is 66.0 Å². The number of imidazole rings is 1. The number of hydrogen-bond acceptors (Lipinski definition) is 2. The van der Waals surface area contributed by atoms with Crippen molar-refractivity contribution >= 4 is 16.9 Å². The molecule has 148 valence electrons. The van der Waals surface area contributed by atoms with Crippen molar-refractivity contribution in [3.8, 4) is 0 Å². The van der Waals surface area contributed by atoms with Gasteiger partial charge in [0.25, 0.3) is 0 Å². The Morgan fingerprint density at radius 3 is 2.43 bits per heavy atom. The van der Waals surface area contributed by atoms with Crippen molar-refractivity contribution in [2.75, 3.05) is 0 Å². The largest absolute Gasteiger partial charge is 0.345 e. The normalized spacial score (nSPS) is 12.9. The summed E-state index contributed by atoms with van der Waals surface area (Å²) < 4.78 is 2.29. The van der Waals surface area contributed by atoms with Gasteiger partial charge in [-0.1, -0.05) is 76.6 Å². The summed E-state index contributed by atoms with van der Waals surface area (Å²) in [5.74, 6) is 0.985. The molecule has 0 spiro atoms. The molecule has 0 aliphatic carbocycles. The number of carbonyl (C=O) groups is 1. The van der Waals surface area contributed by atoms with Gasteiger partial charge in [-0.3, -0.25) is 4.79 Å². The fraction of sp³-hybridized carbons (Fsp3) is 0.417. The molecule has 3 aromatic rings. The average molecular weight is 378 g/mol. The van der Waals surface area contributed by atoms with E-state index in [1.54, 1.807) is 0 Å². The standard InChI is InChI=1S/C24H31N3O/c1-5-6-16-27-21-15-11-10-14-19(21)25-22(27)20(26-23(28)24(2,3)4)17-18-12-8-7-9-13-18/h7-15,20H,5-6,16-17H2,1-4H3,(H,26,28)/t20-/m0/s1. The zero-order valence-electron chi connectivity index (χ0n) is 17.4. The van der Waals surface area contributed by atoms with E-state index in [-0.39, 0.29) is 11.9 Å². The summed E-state index contributed by atoms with van der Waals surface area (Å²) in [5, 5.41) is 3.28. The first kappa shape index (κ1) is 20.1. The smallest absolute Gasteiger partial charge is 0.225 e. The van der Waals surface area contributed by atoms with Gasteiger partial charge in [-0.25, -0.2) is 4.98 Å². The number of fused-ring (bicyclic) bond motifs is 1. The zero-order chi connectivity index (χ0) is 20.1. The van der Waals surface area contributed by atoms with Crippen LogP contribution < -0.4 is 5.32 Å². The number of unbranched alkanes of at least 4 members (excludes halogenated alkanes) is 1. The summed E-state index contributed by atoms with van der Waals surface area (Å²) in [4.78, 5) is 17.8. The van der Waals surface area contributed by atoms with Gasteiger partial charge in [-0.05, 0) is 30.5 Å². The summed E-state index contributed by atoms with van der Waals surface area (Å²) in [6.07, 6.45) is 2.92. The number of para-hydroxylation sites is 2. The minimum Gasteiger partial charge on any atom is -0.345 e. The van der Waals surface area contributed by atoms with Crippen LogP contribution in [-0.2, 0) is 17.8 Å². The Kier molecular flexibility index (Phi) is 6.18. The molecule has 2 aromatic carbocycles. The number of hydrogen-bond donors (Lipinski definition) is 1. The van der Waals surface area contributed by atoms with Crippen molar-refractivity contribution in [2.45, 2.75) is 59.5 Å². The third-order valence-corrected chi connectivity index (χ3v) is 5.00. The maximum atomic E-state index is 12.8. The summed E-state index contributed by atoms with van der Waals surface area (Å²) in [6, 6.07) is 18.4. The zero-order valence-corrected chi connectivity index (χ0v) is 17.4. The van der Waals surface area contributed by atoms with E-state index in [0.29, 0.717) is 0 Å². The topological polar surface area (TPSA) is 46.9 Å². The van der Waals surface area contributed by atoms with Crippen molar-refractivity contribution in [3.63, 3.8) is 0 Å². The minimum absolute atomic E-state index is 0.0440. The van der Waals surface area contributed by atoms with E-state index >= 15 is 0 Å².